The van der Waals surface area contributed by atoms with Crippen molar-refractivity contribution in [1.82, 2.24) is 0 Å². The molecule has 0 aliphatic rings. The van der Waals surface area contributed by atoms with Gasteiger partial charge in [0, 0.05) is 5.92 Å². The second-order valence-corrected chi connectivity index (χ2v) is 3.87. The summed E-state index contributed by atoms with van der Waals surface area (Å²) in [5, 5.41) is 0. The maximum absolute atomic E-state index is 4.00. The fraction of sp³-hybridized carbons (Fsp3) is 0.200. The second-order valence-electron chi connectivity index (χ2n) is 3.87. The molecule has 0 spiro atoms. The van der Waals surface area contributed by atoms with E-state index in [2.05, 4.69) is 44.9 Å². The van der Waals surface area contributed by atoms with Crippen LogP contribution in [0.1, 0.15) is 30.9 Å². The van der Waals surface area contributed by atoms with Gasteiger partial charge in [0.05, 0.1) is 0 Å². The van der Waals surface area contributed by atoms with Gasteiger partial charge in [0.15, 0.2) is 0 Å². The van der Waals surface area contributed by atoms with Crippen LogP contribution < -0.4 is 0 Å². The van der Waals surface area contributed by atoms with Gasteiger partial charge >= 0.3 is 0 Å². The van der Waals surface area contributed by atoms with Crippen molar-refractivity contribution in [2.75, 3.05) is 0 Å². The van der Waals surface area contributed by atoms with Crippen molar-refractivity contribution >= 4 is 5.57 Å². The first kappa shape index (κ1) is 11.5. The molecule has 1 atom stereocenters. The normalized spacial score (nSPS) is 11.9. The molecule has 0 nitrogen and oxygen atoms in total. The minimum Gasteiger partial charge on any atom is -0.0988 e. The molecule has 78 valence electrons. The number of allylic oxidation sites excluding steroid dienone is 3. The summed E-state index contributed by atoms with van der Waals surface area (Å²) in [7, 11) is 0. The maximum atomic E-state index is 4.00. The fourth-order valence-corrected chi connectivity index (χ4v) is 1.64. The highest BCUT2D eigenvalue weighted by Crippen LogP contribution is 2.29. The molecule has 0 aromatic heterocycles. The Morgan fingerprint density at radius 3 is 2.40 bits per heavy atom. The number of hydrogen-bond acceptors (Lipinski definition) is 0. The van der Waals surface area contributed by atoms with E-state index in [4.69, 9.17) is 0 Å². The summed E-state index contributed by atoms with van der Waals surface area (Å²) in [4.78, 5) is 0. The molecule has 1 aromatic rings. The molecule has 0 fully saturated rings. The lowest BCUT2D eigenvalue weighted by Gasteiger charge is -2.16. The topological polar surface area (TPSA) is 0 Å². The molecule has 1 rings (SSSR count). The molecule has 0 radical (unpaired) electrons. The zero-order valence-corrected chi connectivity index (χ0v) is 9.59. The molecule has 0 heterocycles. The zero-order chi connectivity index (χ0) is 11.4. The van der Waals surface area contributed by atoms with Crippen LogP contribution in [0.25, 0.3) is 5.57 Å². The lowest BCUT2D eigenvalue weighted by atomic mass is 9.88. The predicted molar refractivity (Wildman–Crippen MR) is 68.9 cm³/mol. The Morgan fingerprint density at radius 2 is 1.87 bits per heavy atom. The molecular weight excluding hydrogens is 180 g/mol. The van der Waals surface area contributed by atoms with Crippen LogP contribution >= 0.6 is 0 Å². The number of hydrogen-bond donors (Lipinski definition) is 0. The van der Waals surface area contributed by atoms with Gasteiger partial charge in [-0.05, 0) is 23.6 Å². The van der Waals surface area contributed by atoms with Gasteiger partial charge < -0.3 is 0 Å². The minimum atomic E-state index is 0.301. The van der Waals surface area contributed by atoms with Gasteiger partial charge in [-0.2, -0.15) is 0 Å². The molecule has 0 bridgehead atoms. The van der Waals surface area contributed by atoms with E-state index in [1.165, 1.54) is 11.1 Å². The quantitative estimate of drug-likeness (QED) is 0.622. The maximum Gasteiger partial charge on any atom is 0.00609 e. The van der Waals surface area contributed by atoms with E-state index in [-0.39, 0.29) is 0 Å². The Labute approximate surface area is 92.6 Å². The number of benzene rings is 1. The van der Waals surface area contributed by atoms with Crippen LogP contribution in [-0.4, -0.2) is 0 Å². The molecule has 1 aromatic carbocycles. The van der Waals surface area contributed by atoms with Gasteiger partial charge in [0.2, 0.25) is 0 Å². The highest BCUT2D eigenvalue weighted by Gasteiger charge is 2.11. The van der Waals surface area contributed by atoms with Crippen LogP contribution in [0.5, 0.6) is 0 Å². The largest absolute Gasteiger partial charge is 0.0988 e. The molecule has 0 aliphatic carbocycles. The van der Waals surface area contributed by atoms with Crippen molar-refractivity contribution in [2.45, 2.75) is 19.8 Å². The average molecular weight is 198 g/mol. The van der Waals surface area contributed by atoms with Gasteiger partial charge in [-0.25, -0.2) is 0 Å². The molecule has 1 unspecified atom stereocenters. The number of rotatable bonds is 4. The molecule has 0 aliphatic heterocycles. The van der Waals surface area contributed by atoms with E-state index in [9.17, 15) is 0 Å². The Balaban J connectivity index is 3.18. The van der Waals surface area contributed by atoms with Crippen LogP contribution in [0.15, 0.2) is 55.7 Å². The summed E-state index contributed by atoms with van der Waals surface area (Å²) in [6, 6.07) is 8.32. The Bertz CT molecular complexity index is 396. The Kier molecular flexibility index (Phi) is 3.68. The van der Waals surface area contributed by atoms with Crippen molar-refractivity contribution in [2.24, 2.45) is 0 Å². The molecular formula is C15H18. The standard InChI is InChI=1S/C15H18/c1-6-12(4)13(5)15-10-8-7-9-14(15)11(2)3/h6-10,13H,1-2,4H2,3,5H3. The van der Waals surface area contributed by atoms with Crippen molar-refractivity contribution in [3.63, 3.8) is 0 Å². The van der Waals surface area contributed by atoms with E-state index < -0.39 is 0 Å². The molecule has 0 amide bonds. The molecule has 0 saturated heterocycles. The Hall–Kier alpha value is -1.56. The van der Waals surface area contributed by atoms with Crippen molar-refractivity contribution in [3.8, 4) is 0 Å². The summed E-state index contributed by atoms with van der Waals surface area (Å²) in [5.74, 6) is 0.301. The van der Waals surface area contributed by atoms with Crippen LogP contribution in [0, 0.1) is 0 Å². The fourth-order valence-electron chi connectivity index (χ4n) is 1.64. The summed E-state index contributed by atoms with van der Waals surface area (Å²) < 4.78 is 0. The van der Waals surface area contributed by atoms with E-state index in [0.717, 1.165) is 11.1 Å². The summed E-state index contributed by atoms with van der Waals surface area (Å²) >= 11 is 0. The summed E-state index contributed by atoms with van der Waals surface area (Å²) in [6.07, 6.45) is 1.82. The van der Waals surface area contributed by atoms with Crippen LogP contribution in [0.3, 0.4) is 0 Å². The highest BCUT2D eigenvalue weighted by molar-refractivity contribution is 5.65. The van der Waals surface area contributed by atoms with Crippen LogP contribution in [0.2, 0.25) is 0 Å². The van der Waals surface area contributed by atoms with Gasteiger partial charge in [0.25, 0.3) is 0 Å². The van der Waals surface area contributed by atoms with E-state index in [1.54, 1.807) is 0 Å². The highest BCUT2D eigenvalue weighted by atomic mass is 14.2. The van der Waals surface area contributed by atoms with Crippen LogP contribution in [0.4, 0.5) is 0 Å². The van der Waals surface area contributed by atoms with Gasteiger partial charge in [0.1, 0.15) is 0 Å². The first-order chi connectivity index (χ1) is 7.07. The second kappa shape index (κ2) is 4.79. The van der Waals surface area contributed by atoms with Crippen molar-refractivity contribution in [1.29, 1.82) is 0 Å². The van der Waals surface area contributed by atoms with Crippen molar-refractivity contribution < 1.29 is 0 Å². The van der Waals surface area contributed by atoms with E-state index >= 15 is 0 Å². The lowest BCUT2D eigenvalue weighted by Crippen LogP contribution is -1.98. The van der Waals surface area contributed by atoms with Gasteiger partial charge in [-0.3, -0.25) is 0 Å². The van der Waals surface area contributed by atoms with Gasteiger partial charge in [-0.15, -0.1) is 0 Å². The monoisotopic (exact) mass is 198 g/mol. The van der Waals surface area contributed by atoms with Gasteiger partial charge in [-0.1, -0.05) is 62.6 Å². The summed E-state index contributed by atoms with van der Waals surface area (Å²) in [5.41, 5.74) is 4.63. The van der Waals surface area contributed by atoms with Crippen molar-refractivity contribution in [3.05, 3.63) is 66.8 Å². The molecule has 15 heavy (non-hydrogen) atoms. The lowest BCUT2D eigenvalue weighted by molar-refractivity contribution is 0.922. The molecule has 0 heteroatoms. The SMILES string of the molecule is C=CC(=C)C(C)c1ccccc1C(=C)C. The first-order valence-corrected chi connectivity index (χ1v) is 5.14. The van der Waals surface area contributed by atoms with E-state index in [1.807, 2.05) is 19.1 Å². The Morgan fingerprint density at radius 1 is 1.27 bits per heavy atom. The average Bonchev–Trinajstić information content (AvgIpc) is 2.27. The zero-order valence-electron chi connectivity index (χ0n) is 9.59. The first-order valence-electron chi connectivity index (χ1n) is 5.14. The third kappa shape index (κ3) is 2.47. The van der Waals surface area contributed by atoms with E-state index in [0.29, 0.717) is 5.92 Å². The smallest absolute Gasteiger partial charge is 0.00609 e. The minimum absolute atomic E-state index is 0.301. The third-order valence-corrected chi connectivity index (χ3v) is 2.71. The molecule has 0 N–H and O–H groups in total. The third-order valence-electron chi connectivity index (χ3n) is 2.71. The molecule has 0 saturated carbocycles. The van der Waals surface area contributed by atoms with Crippen LogP contribution in [-0.2, 0) is 0 Å². The predicted octanol–water partition coefficient (Wildman–Crippen LogP) is 4.57. The summed E-state index contributed by atoms with van der Waals surface area (Å²) in [6.45, 7) is 15.9.